The number of hydrogen-bond donors (Lipinski definition) is 2. The van der Waals surface area contributed by atoms with E-state index in [0.717, 1.165) is 18.2 Å². The summed E-state index contributed by atoms with van der Waals surface area (Å²) in [5.74, 6) is -0.644. The number of rotatable bonds is 4. The maximum Gasteiger partial charge on any atom is 0.407 e. The molecule has 1 amide bonds. The van der Waals surface area contributed by atoms with Crippen molar-refractivity contribution in [3.8, 4) is 5.75 Å². The molecule has 7 nitrogen and oxygen atoms in total. The van der Waals surface area contributed by atoms with Crippen LogP contribution >= 0.6 is 0 Å². The molecule has 0 radical (unpaired) electrons. The average Bonchev–Trinajstić information content (AvgIpc) is 2.83. The largest absolute Gasteiger partial charge is 0.628 e. The van der Waals surface area contributed by atoms with Crippen LogP contribution in [0.25, 0.3) is 0 Å². The van der Waals surface area contributed by atoms with Crippen molar-refractivity contribution in [3.05, 3.63) is 34.4 Å². The molecule has 0 bridgehead atoms. The number of carbonyl (C=O) groups is 1. The molecule has 1 aromatic carbocycles. The normalized spacial score (nSPS) is 21.0. The number of nitrogens with one attached hydrogen (secondary N) is 2. The van der Waals surface area contributed by atoms with E-state index in [0.29, 0.717) is 19.3 Å². The number of alkyl carbamates (subject to hydrolysis) is 1. The summed E-state index contributed by atoms with van der Waals surface area (Å²) in [6.07, 6.45) is 0.949. The lowest BCUT2D eigenvalue weighted by Gasteiger charge is -2.27. The Bertz CT molecular complexity index is 588. The van der Waals surface area contributed by atoms with Crippen LogP contribution in [0, 0.1) is 16.2 Å². The third kappa shape index (κ3) is 5.33. The summed E-state index contributed by atoms with van der Waals surface area (Å²) in [5, 5.41) is 23.5. The van der Waals surface area contributed by atoms with E-state index in [1.54, 1.807) is 20.8 Å². The van der Waals surface area contributed by atoms with E-state index in [4.69, 9.17) is 9.47 Å². The maximum absolute atomic E-state index is 13.3. The third-order valence-electron chi connectivity index (χ3n) is 3.56. The Morgan fingerprint density at radius 1 is 1.33 bits per heavy atom. The standard InChI is InChI=1S/C16H22FN2O5/c1-16(2,3)24-15(20)18-11-5-6-12(9-11)23-14-8-10(17)4-7-13(14)19(21)22/h4,7-8,11-12,19H,5-6,9H2,1-3H3,(H,18,20)/q-1/t11-,12-/m0/s1. The monoisotopic (exact) mass is 341 g/mol. The van der Waals surface area contributed by atoms with E-state index in [1.165, 1.54) is 0 Å². The van der Waals surface area contributed by atoms with Crippen LogP contribution in [0.2, 0.25) is 0 Å². The molecule has 1 aliphatic rings. The number of halogens is 1. The number of hydrogen-bond acceptors (Lipinski definition) is 5. The summed E-state index contributed by atoms with van der Waals surface area (Å²) >= 11 is 0. The highest BCUT2D eigenvalue weighted by Crippen LogP contribution is 2.29. The Kier molecular flexibility index (Phi) is 5.63. The second-order valence-corrected chi connectivity index (χ2v) is 6.82. The Morgan fingerprint density at radius 3 is 2.67 bits per heavy atom. The molecular formula is C16H22FN2O5-. The van der Waals surface area contributed by atoms with Gasteiger partial charge in [0.25, 0.3) is 0 Å². The predicted molar refractivity (Wildman–Crippen MR) is 85.2 cm³/mol. The van der Waals surface area contributed by atoms with E-state index in [1.807, 2.05) is 0 Å². The summed E-state index contributed by atoms with van der Waals surface area (Å²) < 4.78 is 24.1. The molecule has 2 rings (SSSR count). The minimum absolute atomic E-state index is 0.0575. The summed E-state index contributed by atoms with van der Waals surface area (Å²) in [7, 11) is 0. The molecule has 8 heteroatoms. The van der Waals surface area contributed by atoms with Gasteiger partial charge >= 0.3 is 6.09 Å². The fourth-order valence-electron chi connectivity index (χ4n) is 2.59. The average molecular weight is 341 g/mol. The van der Waals surface area contributed by atoms with E-state index in [2.05, 4.69) is 5.32 Å². The van der Waals surface area contributed by atoms with Gasteiger partial charge in [0.2, 0.25) is 0 Å². The van der Waals surface area contributed by atoms with E-state index >= 15 is 0 Å². The Morgan fingerprint density at radius 2 is 2.04 bits per heavy atom. The van der Waals surface area contributed by atoms with E-state index < -0.39 is 22.7 Å². The Hall–Kier alpha value is -1.90. The van der Waals surface area contributed by atoms with Gasteiger partial charge in [-0.25, -0.2) is 9.18 Å². The lowest BCUT2D eigenvalue weighted by molar-refractivity contribution is -0.715. The number of amides is 1. The minimum Gasteiger partial charge on any atom is -0.628 e. The van der Waals surface area contributed by atoms with E-state index in [9.17, 15) is 19.6 Å². The van der Waals surface area contributed by atoms with Gasteiger partial charge in [0.1, 0.15) is 17.5 Å². The molecule has 1 aliphatic carbocycles. The van der Waals surface area contributed by atoms with Crippen molar-refractivity contribution in [3.63, 3.8) is 0 Å². The van der Waals surface area contributed by atoms with Gasteiger partial charge in [0.05, 0.1) is 0 Å². The van der Waals surface area contributed by atoms with Crippen LogP contribution in [0.5, 0.6) is 5.75 Å². The van der Waals surface area contributed by atoms with Gasteiger partial charge in [-0.3, -0.25) is 0 Å². The second-order valence-electron chi connectivity index (χ2n) is 6.82. The van der Waals surface area contributed by atoms with Gasteiger partial charge in [-0.15, -0.1) is 0 Å². The highest BCUT2D eigenvalue weighted by Gasteiger charge is 2.29. The van der Waals surface area contributed by atoms with Crippen LogP contribution in [0.1, 0.15) is 40.0 Å². The summed E-state index contributed by atoms with van der Waals surface area (Å²) in [6.45, 7) is 5.33. The van der Waals surface area contributed by atoms with Crippen molar-refractivity contribution < 1.29 is 23.9 Å². The fraction of sp³-hybridized carbons (Fsp3) is 0.562. The number of carbonyl (C=O) groups excluding carboxylic acids is 1. The number of benzene rings is 1. The summed E-state index contributed by atoms with van der Waals surface area (Å²) in [4.78, 5) is 11.8. The Labute approximate surface area is 139 Å². The van der Waals surface area contributed by atoms with Crippen molar-refractivity contribution in [2.75, 3.05) is 0 Å². The first-order valence-corrected chi connectivity index (χ1v) is 7.81. The quantitative estimate of drug-likeness (QED) is 0.818. The first-order valence-electron chi connectivity index (χ1n) is 7.81. The first-order chi connectivity index (χ1) is 11.1. The highest BCUT2D eigenvalue weighted by molar-refractivity contribution is 5.68. The van der Waals surface area contributed by atoms with Crippen molar-refractivity contribution >= 4 is 11.8 Å². The minimum atomic E-state index is -1.42. The molecule has 2 N–H and O–H groups in total. The fourth-order valence-corrected chi connectivity index (χ4v) is 2.59. The molecule has 0 unspecified atom stereocenters. The van der Waals surface area contributed by atoms with Gasteiger partial charge in [-0.05, 0) is 39.7 Å². The maximum atomic E-state index is 13.3. The molecule has 24 heavy (non-hydrogen) atoms. The van der Waals surface area contributed by atoms with Crippen molar-refractivity contribution in [2.45, 2.75) is 57.8 Å². The van der Waals surface area contributed by atoms with Crippen LogP contribution in [-0.2, 0) is 4.74 Å². The number of ether oxygens (including phenoxy) is 2. The molecule has 0 spiro atoms. The van der Waals surface area contributed by atoms with Gasteiger partial charge in [-0.1, -0.05) is 0 Å². The van der Waals surface area contributed by atoms with Crippen molar-refractivity contribution in [2.24, 2.45) is 0 Å². The zero-order chi connectivity index (χ0) is 17.9. The molecule has 1 aromatic rings. The molecule has 2 atom stereocenters. The molecule has 0 saturated heterocycles. The molecule has 1 fully saturated rings. The highest BCUT2D eigenvalue weighted by atomic mass is 19.1. The van der Waals surface area contributed by atoms with Crippen LogP contribution in [-0.4, -0.2) is 23.8 Å². The van der Waals surface area contributed by atoms with Gasteiger partial charge in [0.15, 0.2) is 11.4 Å². The topological polar surface area (TPSA) is 98.1 Å². The van der Waals surface area contributed by atoms with Crippen LogP contribution in [0.3, 0.4) is 0 Å². The molecule has 1 saturated carbocycles. The lowest BCUT2D eigenvalue weighted by Crippen LogP contribution is -2.96. The molecule has 134 valence electrons. The van der Waals surface area contributed by atoms with E-state index in [-0.39, 0.29) is 23.6 Å². The van der Waals surface area contributed by atoms with Crippen LogP contribution in [0.4, 0.5) is 14.9 Å². The first kappa shape index (κ1) is 18.4. The zero-order valence-electron chi connectivity index (χ0n) is 13.9. The number of quaternary nitrogens is 1. The molecule has 0 aliphatic heterocycles. The van der Waals surface area contributed by atoms with Crippen molar-refractivity contribution in [1.29, 1.82) is 0 Å². The van der Waals surface area contributed by atoms with Crippen LogP contribution < -0.4 is 15.3 Å². The smallest absolute Gasteiger partial charge is 0.407 e. The van der Waals surface area contributed by atoms with Gasteiger partial charge < -0.3 is 30.4 Å². The molecular weight excluding hydrogens is 319 g/mol. The zero-order valence-corrected chi connectivity index (χ0v) is 13.9. The summed E-state index contributed by atoms with van der Waals surface area (Å²) in [5.41, 5.74) is -0.774. The third-order valence-corrected chi connectivity index (χ3v) is 3.56. The Balaban J connectivity index is 1.93. The SMILES string of the molecule is CC(C)(C)OC(=O)N[C@H]1CC[C@H](Oc2cc(F)ccc2[NH+]([O-])[O-])C1. The lowest BCUT2D eigenvalue weighted by atomic mass is 10.2. The van der Waals surface area contributed by atoms with Gasteiger partial charge in [0, 0.05) is 24.6 Å². The molecule has 0 aromatic heterocycles. The molecule has 0 heterocycles. The van der Waals surface area contributed by atoms with Crippen molar-refractivity contribution in [1.82, 2.24) is 5.32 Å². The summed E-state index contributed by atoms with van der Waals surface area (Å²) in [6, 6.07) is 3.05. The van der Waals surface area contributed by atoms with Gasteiger partial charge in [-0.2, -0.15) is 0 Å². The predicted octanol–water partition coefficient (Wildman–Crippen LogP) is 2.16. The van der Waals surface area contributed by atoms with Crippen LogP contribution in [0.15, 0.2) is 18.2 Å². The second kappa shape index (κ2) is 7.33.